The fraction of sp³-hybridized carbons (Fsp3) is 0. The standard InChI is InChI=1S/C11H9N3/c1-2-4-10(5-3-1)14-9-8-13-7-6-12-11(13)14/h1-9H. The van der Waals surface area contributed by atoms with Gasteiger partial charge >= 0.3 is 0 Å². The van der Waals surface area contributed by atoms with Crippen molar-refractivity contribution in [2.45, 2.75) is 0 Å². The van der Waals surface area contributed by atoms with Crippen LogP contribution in [-0.2, 0) is 0 Å². The zero-order chi connectivity index (χ0) is 9.38. The number of hydrogen-bond donors (Lipinski definition) is 0. The quantitative estimate of drug-likeness (QED) is 0.566. The van der Waals surface area contributed by atoms with Crippen molar-refractivity contribution in [3.63, 3.8) is 0 Å². The van der Waals surface area contributed by atoms with Crippen LogP contribution >= 0.6 is 0 Å². The lowest BCUT2D eigenvalue weighted by Gasteiger charge is -2.00. The van der Waals surface area contributed by atoms with Gasteiger partial charge in [-0.25, -0.2) is 4.98 Å². The highest BCUT2D eigenvalue weighted by Gasteiger charge is 2.01. The highest BCUT2D eigenvalue weighted by molar-refractivity contribution is 5.43. The van der Waals surface area contributed by atoms with Crippen molar-refractivity contribution in [3.05, 3.63) is 55.1 Å². The van der Waals surface area contributed by atoms with E-state index in [0.29, 0.717) is 0 Å². The fourth-order valence-electron chi connectivity index (χ4n) is 1.60. The third-order valence-corrected chi connectivity index (χ3v) is 2.27. The number of imidazole rings is 2. The summed E-state index contributed by atoms with van der Waals surface area (Å²) >= 11 is 0. The van der Waals surface area contributed by atoms with E-state index in [1.54, 1.807) is 6.20 Å². The summed E-state index contributed by atoms with van der Waals surface area (Å²) in [4.78, 5) is 4.28. The fourth-order valence-corrected chi connectivity index (χ4v) is 1.60. The minimum Gasteiger partial charge on any atom is -0.291 e. The average Bonchev–Trinajstić information content (AvgIpc) is 2.79. The third kappa shape index (κ3) is 0.956. The molecular formula is C11H9N3. The summed E-state index contributed by atoms with van der Waals surface area (Å²) in [6.45, 7) is 0. The molecule has 2 aromatic heterocycles. The Bertz CT molecular complexity index is 548. The maximum Gasteiger partial charge on any atom is 0.218 e. The molecule has 0 aliphatic heterocycles. The van der Waals surface area contributed by atoms with Crippen LogP contribution in [0.1, 0.15) is 0 Å². The lowest BCUT2D eigenvalue weighted by Crippen LogP contribution is -1.92. The molecule has 3 heteroatoms. The number of benzene rings is 1. The van der Waals surface area contributed by atoms with Gasteiger partial charge in [0.25, 0.3) is 0 Å². The van der Waals surface area contributed by atoms with Crippen molar-refractivity contribution < 1.29 is 0 Å². The number of hydrogen-bond acceptors (Lipinski definition) is 1. The molecule has 0 aliphatic rings. The SMILES string of the molecule is c1ccc(-n2ccn3ccnc23)cc1. The van der Waals surface area contributed by atoms with Gasteiger partial charge in [0.2, 0.25) is 5.78 Å². The van der Waals surface area contributed by atoms with Crippen molar-refractivity contribution in [3.8, 4) is 5.69 Å². The molecule has 14 heavy (non-hydrogen) atoms. The maximum atomic E-state index is 4.28. The van der Waals surface area contributed by atoms with Gasteiger partial charge in [-0.1, -0.05) is 18.2 Å². The number of rotatable bonds is 1. The van der Waals surface area contributed by atoms with Crippen LogP contribution in [0.25, 0.3) is 11.5 Å². The first-order chi connectivity index (χ1) is 6.95. The normalized spacial score (nSPS) is 10.9. The second-order valence-corrected chi connectivity index (χ2v) is 3.14. The molecule has 0 bridgehead atoms. The zero-order valence-corrected chi connectivity index (χ0v) is 7.54. The molecule has 0 fully saturated rings. The Kier molecular flexibility index (Phi) is 1.44. The minimum atomic E-state index is 0.941. The first-order valence-corrected chi connectivity index (χ1v) is 4.50. The lowest BCUT2D eigenvalue weighted by atomic mass is 10.3. The van der Waals surface area contributed by atoms with Gasteiger partial charge in [0.15, 0.2) is 0 Å². The summed E-state index contributed by atoms with van der Waals surface area (Å²) in [6.07, 6.45) is 7.75. The molecule has 0 amide bonds. The first-order valence-electron chi connectivity index (χ1n) is 4.50. The third-order valence-electron chi connectivity index (χ3n) is 2.27. The molecule has 3 aromatic rings. The van der Waals surface area contributed by atoms with Crippen LogP contribution in [0.2, 0.25) is 0 Å². The molecule has 0 unspecified atom stereocenters. The average molecular weight is 183 g/mol. The number of para-hydroxylation sites is 1. The van der Waals surface area contributed by atoms with Gasteiger partial charge in [-0.3, -0.25) is 8.97 Å². The molecule has 0 N–H and O–H groups in total. The second-order valence-electron chi connectivity index (χ2n) is 3.14. The predicted octanol–water partition coefficient (Wildman–Crippen LogP) is 2.12. The van der Waals surface area contributed by atoms with Crippen LogP contribution in [0, 0.1) is 0 Å². The summed E-state index contributed by atoms with van der Waals surface area (Å²) in [5.41, 5.74) is 1.13. The molecule has 3 nitrogen and oxygen atoms in total. The smallest absolute Gasteiger partial charge is 0.218 e. The Morgan fingerprint density at radius 1 is 0.929 bits per heavy atom. The largest absolute Gasteiger partial charge is 0.291 e. The van der Waals surface area contributed by atoms with E-state index < -0.39 is 0 Å². The summed E-state index contributed by atoms with van der Waals surface area (Å²) < 4.78 is 4.05. The number of fused-ring (bicyclic) bond motifs is 1. The molecule has 0 saturated heterocycles. The summed E-state index contributed by atoms with van der Waals surface area (Å²) in [7, 11) is 0. The Morgan fingerprint density at radius 3 is 2.64 bits per heavy atom. The van der Waals surface area contributed by atoms with Crippen molar-refractivity contribution in [2.24, 2.45) is 0 Å². The molecule has 2 heterocycles. The molecule has 0 spiro atoms. The van der Waals surface area contributed by atoms with E-state index in [1.807, 2.05) is 41.2 Å². The van der Waals surface area contributed by atoms with E-state index in [1.165, 1.54) is 0 Å². The monoisotopic (exact) mass is 183 g/mol. The van der Waals surface area contributed by atoms with Gasteiger partial charge in [-0.15, -0.1) is 0 Å². The van der Waals surface area contributed by atoms with Crippen LogP contribution in [0.3, 0.4) is 0 Å². The van der Waals surface area contributed by atoms with Crippen molar-refractivity contribution in [1.29, 1.82) is 0 Å². The summed E-state index contributed by atoms with van der Waals surface area (Å²) in [5, 5.41) is 0. The molecule has 3 rings (SSSR count). The zero-order valence-electron chi connectivity index (χ0n) is 7.54. The molecular weight excluding hydrogens is 174 g/mol. The van der Waals surface area contributed by atoms with E-state index in [9.17, 15) is 0 Å². The summed E-state index contributed by atoms with van der Waals surface area (Å²) in [5.74, 6) is 0.941. The van der Waals surface area contributed by atoms with Crippen LogP contribution < -0.4 is 0 Å². The Balaban J connectivity index is 2.28. The van der Waals surface area contributed by atoms with Gasteiger partial charge < -0.3 is 0 Å². The van der Waals surface area contributed by atoms with Gasteiger partial charge in [0.05, 0.1) is 0 Å². The van der Waals surface area contributed by atoms with E-state index >= 15 is 0 Å². The molecule has 0 aliphatic carbocycles. The van der Waals surface area contributed by atoms with Crippen molar-refractivity contribution in [2.75, 3.05) is 0 Å². The van der Waals surface area contributed by atoms with Crippen LogP contribution in [0.4, 0.5) is 0 Å². The van der Waals surface area contributed by atoms with Crippen LogP contribution in [0.15, 0.2) is 55.1 Å². The highest BCUT2D eigenvalue weighted by atomic mass is 15.2. The van der Waals surface area contributed by atoms with E-state index in [0.717, 1.165) is 11.5 Å². The second kappa shape index (κ2) is 2.73. The Hall–Kier alpha value is -2.03. The van der Waals surface area contributed by atoms with Gasteiger partial charge in [0.1, 0.15) is 0 Å². The number of nitrogens with zero attached hydrogens (tertiary/aromatic N) is 3. The van der Waals surface area contributed by atoms with Crippen LogP contribution in [-0.4, -0.2) is 14.0 Å². The molecule has 1 aromatic carbocycles. The topological polar surface area (TPSA) is 22.2 Å². The van der Waals surface area contributed by atoms with Gasteiger partial charge in [0, 0.05) is 30.5 Å². The number of aromatic nitrogens is 3. The van der Waals surface area contributed by atoms with E-state index in [4.69, 9.17) is 0 Å². The molecule has 0 atom stereocenters. The summed E-state index contributed by atoms with van der Waals surface area (Å²) in [6, 6.07) is 10.2. The lowest BCUT2D eigenvalue weighted by molar-refractivity contribution is 1.07. The van der Waals surface area contributed by atoms with Gasteiger partial charge in [-0.2, -0.15) is 0 Å². The molecule has 68 valence electrons. The van der Waals surface area contributed by atoms with Gasteiger partial charge in [-0.05, 0) is 12.1 Å². The van der Waals surface area contributed by atoms with Crippen molar-refractivity contribution in [1.82, 2.24) is 14.0 Å². The molecule has 0 radical (unpaired) electrons. The first kappa shape index (κ1) is 7.38. The predicted molar refractivity (Wildman–Crippen MR) is 54.5 cm³/mol. The van der Waals surface area contributed by atoms with Crippen LogP contribution in [0.5, 0.6) is 0 Å². The highest BCUT2D eigenvalue weighted by Crippen LogP contribution is 2.11. The Morgan fingerprint density at radius 2 is 1.79 bits per heavy atom. The minimum absolute atomic E-state index is 0.941. The van der Waals surface area contributed by atoms with E-state index in [-0.39, 0.29) is 0 Å². The maximum absolute atomic E-state index is 4.28. The Labute approximate surface area is 81.2 Å². The van der Waals surface area contributed by atoms with E-state index in [2.05, 4.69) is 21.7 Å². The molecule has 0 saturated carbocycles. The van der Waals surface area contributed by atoms with Crippen molar-refractivity contribution >= 4 is 5.78 Å².